The van der Waals surface area contributed by atoms with E-state index in [-0.39, 0.29) is 6.04 Å². The Kier molecular flexibility index (Phi) is 5.02. The van der Waals surface area contributed by atoms with Gasteiger partial charge in [0.25, 0.3) is 0 Å². The molecule has 4 aromatic rings. The molecule has 0 bridgehead atoms. The number of hydrogen-bond donors (Lipinski definition) is 0. The minimum Gasteiger partial charge on any atom is -0.379 e. The zero-order valence-electron chi connectivity index (χ0n) is 16.2. The van der Waals surface area contributed by atoms with Crippen LogP contribution < -0.4 is 0 Å². The number of benzene rings is 1. The predicted octanol–water partition coefficient (Wildman–Crippen LogP) is 3.57. The van der Waals surface area contributed by atoms with Gasteiger partial charge in [-0.3, -0.25) is 14.9 Å². The molecule has 1 saturated heterocycles. The number of aromatic nitrogens is 4. The summed E-state index contributed by atoms with van der Waals surface area (Å²) in [6, 6.07) is 14.8. The molecule has 0 spiro atoms. The fraction of sp³-hybridized carbons (Fsp3) is 0.261. The van der Waals surface area contributed by atoms with Crippen molar-refractivity contribution >= 4 is 10.9 Å². The first kappa shape index (κ1) is 18.0. The number of morpholine rings is 1. The summed E-state index contributed by atoms with van der Waals surface area (Å²) >= 11 is 0. The van der Waals surface area contributed by atoms with E-state index in [9.17, 15) is 0 Å². The first-order chi connectivity index (χ1) is 14.4. The lowest BCUT2D eigenvalue weighted by molar-refractivity contribution is 0.0123. The molecule has 1 aliphatic heterocycles. The SMILES string of the molecule is c1cncc(C(Cn2ccnc2-c2ccc3cccnc3c2)N2CCOCC2)c1. The van der Waals surface area contributed by atoms with Crippen molar-refractivity contribution in [2.75, 3.05) is 26.3 Å². The van der Waals surface area contributed by atoms with E-state index >= 15 is 0 Å². The van der Waals surface area contributed by atoms with E-state index in [0.717, 1.165) is 55.1 Å². The topological polar surface area (TPSA) is 56.1 Å². The van der Waals surface area contributed by atoms with E-state index in [1.54, 1.807) is 0 Å². The molecular weight excluding hydrogens is 362 g/mol. The van der Waals surface area contributed by atoms with Crippen LogP contribution in [0.3, 0.4) is 0 Å². The number of nitrogens with zero attached hydrogens (tertiary/aromatic N) is 5. The summed E-state index contributed by atoms with van der Waals surface area (Å²) in [5.74, 6) is 0.958. The summed E-state index contributed by atoms with van der Waals surface area (Å²) in [5.41, 5.74) is 3.28. The maximum absolute atomic E-state index is 5.57. The average molecular weight is 385 g/mol. The number of rotatable bonds is 5. The van der Waals surface area contributed by atoms with E-state index in [1.807, 2.05) is 36.9 Å². The van der Waals surface area contributed by atoms with Crippen LogP contribution in [-0.2, 0) is 11.3 Å². The summed E-state index contributed by atoms with van der Waals surface area (Å²) in [5, 5.41) is 1.14. The molecule has 4 heterocycles. The van der Waals surface area contributed by atoms with Crippen molar-refractivity contribution in [3.8, 4) is 11.4 Å². The zero-order chi connectivity index (χ0) is 19.5. The first-order valence-corrected chi connectivity index (χ1v) is 9.96. The van der Waals surface area contributed by atoms with Gasteiger partial charge in [-0.05, 0) is 23.8 Å². The lowest BCUT2D eigenvalue weighted by atomic mass is 10.1. The number of pyridine rings is 2. The van der Waals surface area contributed by atoms with Crippen LogP contribution in [-0.4, -0.2) is 50.7 Å². The fourth-order valence-electron chi connectivity index (χ4n) is 4.00. The van der Waals surface area contributed by atoms with Crippen LogP contribution >= 0.6 is 0 Å². The minimum absolute atomic E-state index is 0.221. The Hall–Kier alpha value is -3.09. The fourth-order valence-corrected chi connectivity index (χ4v) is 4.00. The molecule has 1 atom stereocenters. The van der Waals surface area contributed by atoms with Crippen molar-refractivity contribution in [3.05, 3.63) is 79.0 Å². The molecule has 1 fully saturated rings. The Morgan fingerprint density at radius 3 is 2.72 bits per heavy atom. The molecule has 0 N–H and O–H groups in total. The highest BCUT2D eigenvalue weighted by molar-refractivity contribution is 5.82. The molecular formula is C23H23N5O. The lowest BCUT2D eigenvalue weighted by Crippen LogP contribution is -2.40. The molecule has 3 aromatic heterocycles. The van der Waals surface area contributed by atoms with E-state index < -0.39 is 0 Å². The maximum atomic E-state index is 5.57. The van der Waals surface area contributed by atoms with Gasteiger partial charge in [0.1, 0.15) is 5.82 Å². The third-order valence-corrected chi connectivity index (χ3v) is 5.50. The molecule has 29 heavy (non-hydrogen) atoms. The highest BCUT2D eigenvalue weighted by atomic mass is 16.5. The molecule has 146 valence electrons. The summed E-state index contributed by atoms with van der Waals surface area (Å²) < 4.78 is 7.80. The summed E-state index contributed by atoms with van der Waals surface area (Å²) in [6.45, 7) is 4.18. The van der Waals surface area contributed by atoms with Crippen LogP contribution in [0.5, 0.6) is 0 Å². The van der Waals surface area contributed by atoms with Crippen LogP contribution in [0, 0.1) is 0 Å². The first-order valence-electron chi connectivity index (χ1n) is 9.96. The molecule has 0 aliphatic carbocycles. The Morgan fingerprint density at radius 1 is 0.966 bits per heavy atom. The van der Waals surface area contributed by atoms with Crippen molar-refractivity contribution in [3.63, 3.8) is 0 Å². The molecule has 6 heteroatoms. The van der Waals surface area contributed by atoms with Crippen molar-refractivity contribution in [2.45, 2.75) is 12.6 Å². The Labute approximate surface area is 169 Å². The number of ether oxygens (including phenoxy) is 1. The molecule has 5 rings (SSSR count). The predicted molar refractivity (Wildman–Crippen MR) is 112 cm³/mol. The minimum atomic E-state index is 0.221. The van der Waals surface area contributed by atoms with Gasteiger partial charge in [0.2, 0.25) is 0 Å². The third-order valence-electron chi connectivity index (χ3n) is 5.50. The van der Waals surface area contributed by atoms with Crippen LogP contribution in [0.2, 0.25) is 0 Å². The second kappa shape index (κ2) is 8.11. The average Bonchev–Trinajstić information content (AvgIpc) is 3.26. The van der Waals surface area contributed by atoms with Gasteiger partial charge in [-0.15, -0.1) is 0 Å². The largest absolute Gasteiger partial charge is 0.379 e. The van der Waals surface area contributed by atoms with Crippen molar-refractivity contribution < 1.29 is 4.74 Å². The molecule has 1 aromatic carbocycles. The van der Waals surface area contributed by atoms with Gasteiger partial charge in [-0.2, -0.15) is 0 Å². The lowest BCUT2D eigenvalue weighted by Gasteiger charge is -2.35. The van der Waals surface area contributed by atoms with Gasteiger partial charge < -0.3 is 9.30 Å². The van der Waals surface area contributed by atoms with Crippen molar-refractivity contribution in [1.82, 2.24) is 24.4 Å². The van der Waals surface area contributed by atoms with E-state index in [2.05, 4.69) is 60.9 Å². The molecule has 0 radical (unpaired) electrons. The van der Waals surface area contributed by atoms with E-state index in [0.29, 0.717) is 0 Å². The second-order valence-electron chi connectivity index (χ2n) is 7.26. The standard InChI is InChI=1S/C23H23N5O/c1-4-20(16-24-7-1)22(27-11-13-29-14-12-27)17-28-10-9-26-23(28)19-6-5-18-3-2-8-25-21(18)15-19/h1-10,15-16,22H,11-14,17H2. The Balaban J connectivity index is 1.49. The highest BCUT2D eigenvalue weighted by Crippen LogP contribution is 2.27. The maximum Gasteiger partial charge on any atom is 0.140 e. The monoisotopic (exact) mass is 385 g/mol. The van der Waals surface area contributed by atoms with Gasteiger partial charge >= 0.3 is 0 Å². The van der Waals surface area contributed by atoms with Crippen LogP contribution in [0.1, 0.15) is 11.6 Å². The zero-order valence-corrected chi connectivity index (χ0v) is 16.2. The molecule has 1 unspecified atom stereocenters. The number of hydrogen-bond acceptors (Lipinski definition) is 5. The highest BCUT2D eigenvalue weighted by Gasteiger charge is 2.24. The van der Waals surface area contributed by atoms with Crippen molar-refractivity contribution in [2.24, 2.45) is 0 Å². The Morgan fingerprint density at radius 2 is 1.86 bits per heavy atom. The van der Waals surface area contributed by atoms with Gasteiger partial charge in [0, 0.05) is 61.6 Å². The number of imidazole rings is 1. The van der Waals surface area contributed by atoms with Gasteiger partial charge in [-0.1, -0.05) is 24.3 Å². The molecule has 1 aliphatic rings. The molecule has 0 saturated carbocycles. The second-order valence-corrected chi connectivity index (χ2v) is 7.26. The Bertz CT molecular complexity index is 1090. The van der Waals surface area contributed by atoms with Gasteiger partial charge in [-0.25, -0.2) is 4.98 Å². The number of fused-ring (bicyclic) bond motifs is 1. The summed E-state index contributed by atoms with van der Waals surface area (Å²) in [4.78, 5) is 16.0. The quantitative estimate of drug-likeness (QED) is 0.526. The van der Waals surface area contributed by atoms with Crippen LogP contribution in [0.4, 0.5) is 0 Å². The summed E-state index contributed by atoms with van der Waals surface area (Å²) in [6.07, 6.45) is 9.55. The van der Waals surface area contributed by atoms with Crippen molar-refractivity contribution in [1.29, 1.82) is 0 Å². The van der Waals surface area contributed by atoms with E-state index in [4.69, 9.17) is 4.74 Å². The normalized spacial score (nSPS) is 16.1. The van der Waals surface area contributed by atoms with Crippen LogP contribution in [0.25, 0.3) is 22.3 Å². The third kappa shape index (κ3) is 3.77. The smallest absolute Gasteiger partial charge is 0.140 e. The van der Waals surface area contributed by atoms with Crippen LogP contribution in [0.15, 0.2) is 73.4 Å². The molecule has 0 amide bonds. The van der Waals surface area contributed by atoms with Gasteiger partial charge in [0.15, 0.2) is 0 Å². The van der Waals surface area contributed by atoms with E-state index in [1.165, 1.54) is 5.56 Å². The van der Waals surface area contributed by atoms with Gasteiger partial charge in [0.05, 0.1) is 24.8 Å². The molecule has 6 nitrogen and oxygen atoms in total. The summed E-state index contributed by atoms with van der Waals surface area (Å²) in [7, 11) is 0.